The van der Waals surface area contributed by atoms with Gasteiger partial charge in [-0.25, -0.2) is 0 Å². The Balaban J connectivity index is 0.000000497. The molecule has 4 atom stereocenters. The van der Waals surface area contributed by atoms with Crippen molar-refractivity contribution in [1.82, 2.24) is 0 Å². The summed E-state index contributed by atoms with van der Waals surface area (Å²) in [6, 6.07) is 8.41. The highest BCUT2D eigenvalue weighted by Crippen LogP contribution is 2.85. The molecular formula is C16H17BrO4. The average molecular weight is 353 g/mol. The van der Waals surface area contributed by atoms with Gasteiger partial charge < -0.3 is 4.74 Å². The zero-order chi connectivity index (χ0) is 15.6. The Labute approximate surface area is 132 Å². The highest BCUT2D eigenvalue weighted by molar-refractivity contribution is 9.10. The lowest BCUT2D eigenvalue weighted by molar-refractivity contribution is -0.191. The van der Waals surface area contributed by atoms with E-state index in [-0.39, 0.29) is 23.5 Å². The van der Waals surface area contributed by atoms with Crippen molar-refractivity contribution in [2.45, 2.75) is 25.7 Å². The van der Waals surface area contributed by atoms with Crippen LogP contribution < -0.4 is 0 Å². The third-order valence-corrected chi connectivity index (χ3v) is 5.11. The molecule has 5 heteroatoms. The molecule has 2 aliphatic carbocycles. The van der Waals surface area contributed by atoms with E-state index in [0.717, 1.165) is 10.9 Å². The number of ether oxygens (including phenoxy) is 1. The van der Waals surface area contributed by atoms with Gasteiger partial charge in [-0.3, -0.25) is 4.79 Å². The number of carbonyl (C=O) groups is 1. The van der Waals surface area contributed by atoms with E-state index in [1.54, 1.807) is 0 Å². The second kappa shape index (κ2) is 6.12. The van der Waals surface area contributed by atoms with E-state index < -0.39 is 0 Å². The van der Waals surface area contributed by atoms with Crippen molar-refractivity contribution in [3.05, 3.63) is 34.3 Å². The molecule has 1 aromatic rings. The highest BCUT2D eigenvalue weighted by Gasteiger charge is 2.88. The van der Waals surface area contributed by atoms with E-state index in [4.69, 9.17) is 14.3 Å². The van der Waals surface area contributed by atoms with Crippen molar-refractivity contribution in [3.63, 3.8) is 0 Å². The van der Waals surface area contributed by atoms with Crippen LogP contribution in [0.15, 0.2) is 28.7 Å². The van der Waals surface area contributed by atoms with Crippen molar-refractivity contribution in [2.24, 2.45) is 17.8 Å². The second-order valence-corrected chi connectivity index (χ2v) is 6.21. The Hall–Kier alpha value is -1.45. The Morgan fingerprint density at radius 1 is 1.29 bits per heavy atom. The van der Waals surface area contributed by atoms with Gasteiger partial charge in [0, 0.05) is 9.89 Å². The van der Waals surface area contributed by atoms with Crippen molar-refractivity contribution in [1.29, 1.82) is 0 Å². The third-order valence-electron chi connectivity index (χ3n) is 4.58. The summed E-state index contributed by atoms with van der Waals surface area (Å²) in [7, 11) is 0. The predicted octanol–water partition coefficient (Wildman–Crippen LogP) is 2.95. The fraction of sp³-hybridized carbons (Fsp3) is 0.500. The number of rotatable bonds is 4. The van der Waals surface area contributed by atoms with Crippen molar-refractivity contribution in [3.8, 4) is 0 Å². The average Bonchev–Trinajstić information content (AvgIpc) is 3.29. The Morgan fingerprint density at radius 2 is 1.86 bits per heavy atom. The second-order valence-electron chi connectivity index (χ2n) is 5.29. The molecule has 0 saturated heterocycles. The lowest BCUT2D eigenvalue weighted by atomic mass is 9.88. The first-order valence-electron chi connectivity index (χ1n) is 7.01. The van der Waals surface area contributed by atoms with Gasteiger partial charge in [0.1, 0.15) is 0 Å². The van der Waals surface area contributed by atoms with Gasteiger partial charge in [0.25, 0.3) is 0 Å². The lowest BCUT2D eigenvalue weighted by Gasteiger charge is -2.17. The van der Waals surface area contributed by atoms with Gasteiger partial charge in [0.2, 0.25) is 0 Å². The van der Waals surface area contributed by atoms with E-state index >= 15 is 0 Å². The molecule has 112 valence electrons. The van der Waals surface area contributed by atoms with Gasteiger partial charge in [-0.2, -0.15) is 9.59 Å². The van der Waals surface area contributed by atoms with Crippen LogP contribution in [0, 0.1) is 17.8 Å². The van der Waals surface area contributed by atoms with Crippen LogP contribution in [0.25, 0.3) is 0 Å². The number of halogens is 1. The predicted molar refractivity (Wildman–Crippen MR) is 78.2 cm³/mol. The number of hydrogen-bond donors (Lipinski definition) is 0. The van der Waals surface area contributed by atoms with Gasteiger partial charge in [-0.05, 0) is 36.5 Å². The molecule has 0 spiro atoms. The van der Waals surface area contributed by atoms with E-state index in [1.807, 2.05) is 6.92 Å². The summed E-state index contributed by atoms with van der Waals surface area (Å²) in [5.41, 5.74) is 1.42. The number of carbonyl (C=O) groups excluding carboxylic acids is 3. The fourth-order valence-corrected chi connectivity index (χ4v) is 4.05. The standard InChI is InChI=1S/C15H17BrO2.CO2/c1-3-11-12-13(14(17)18-4-2)15(11,12)9-5-7-10(16)8-6-9;2-1-3/h5-8,11-13H,3-4H2,1-2H3;/t11-,12?,13+,15?;/m1./s1. The topological polar surface area (TPSA) is 60.4 Å². The van der Waals surface area contributed by atoms with E-state index in [9.17, 15) is 4.79 Å². The maximum Gasteiger partial charge on any atom is 0.373 e. The van der Waals surface area contributed by atoms with Crippen LogP contribution in [0.1, 0.15) is 25.8 Å². The molecule has 2 unspecified atom stereocenters. The van der Waals surface area contributed by atoms with Gasteiger partial charge >= 0.3 is 12.1 Å². The monoisotopic (exact) mass is 352 g/mol. The van der Waals surface area contributed by atoms with Gasteiger partial charge in [0.05, 0.1) is 12.5 Å². The van der Waals surface area contributed by atoms with Crippen LogP contribution in [-0.4, -0.2) is 18.7 Å². The molecule has 0 radical (unpaired) electrons. The van der Waals surface area contributed by atoms with Gasteiger partial charge in [-0.1, -0.05) is 41.4 Å². The molecule has 4 nitrogen and oxygen atoms in total. The molecule has 0 aromatic heterocycles. The first-order chi connectivity index (χ1) is 10.1. The minimum atomic E-state index is -0.00452. The molecule has 2 aliphatic rings. The van der Waals surface area contributed by atoms with E-state index in [2.05, 4.69) is 47.1 Å². The minimum Gasteiger partial charge on any atom is -0.466 e. The first kappa shape index (κ1) is 15.9. The lowest BCUT2D eigenvalue weighted by Crippen LogP contribution is -2.22. The molecule has 1 aromatic carbocycles. The zero-order valence-electron chi connectivity index (χ0n) is 12.0. The zero-order valence-corrected chi connectivity index (χ0v) is 13.6. The Kier molecular flexibility index (Phi) is 4.64. The Bertz CT molecular complexity index is 562. The largest absolute Gasteiger partial charge is 0.466 e. The number of fused-ring (bicyclic) bond motifs is 1. The minimum absolute atomic E-state index is 0.00452. The van der Waals surface area contributed by atoms with Crippen molar-refractivity contribution >= 4 is 28.1 Å². The van der Waals surface area contributed by atoms with Crippen LogP contribution >= 0.6 is 15.9 Å². The van der Waals surface area contributed by atoms with Crippen LogP contribution in [0.3, 0.4) is 0 Å². The smallest absolute Gasteiger partial charge is 0.373 e. The van der Waals surface area contributed by atoms with E-state index in [0.29, 0.717) is 18.4 Å². The van der Waals surface area contributed by atoms with Crippen molar-refractivity contribution < 1.29 is 19.1 Å². The molecule has 0 heterocycles. The summed E-state index contributed by atoms with van der Waals surface area (Å²) in [6.07, 6.45) is 1.40. The number of hydrogen-bond acceptors (Lipinski definition) is 4. The summed E-state index contributed by atoms with van der Waals surface area (Å²) in [5.74, 6) is 1.31. The molecule has 21 heavy (non-hydrogen) atoms. The molecule has 0 amide bonds. The van der Waals surface area contributed by atoms with Crippen LogP contribution in [0.2, 0.25) is 0 Å². The first-order valence-corrected chi connectivity index (χ1v) is 7.80. The summed E-state index contributed by atoms with van der Waals surface area (Å²) < 4.78 is 6.27. The molecule has 0 aliphatic heterocycles. The van der Waals surface area contributed by atoms with Crippen LogP contribution in [0.5, 0.6) is 0 Å². The molecule has 0 bridgehead atoms. The summed E-state index contributed by atoms with van der Waals surface area (Å²) in [4.78, 5) is 28.2. The Morgan fingerprint density at radius 3 is 2.33 bits per heavy atom. The fourth-order valence-electron chi connectivity index (χ4n) is 3.78. The van der Waals surface area contributed by atoms with Crippen LogP contribution in [-0.2, 0) is 24.5 Å². The molecule has 2 fully saturated rings. The van der Waals surface area contributed by atoms with Gasteiger partial charge in [0.15, 0.2) is 0 Å². The maximum atomic E-state index is 11.9. The summed E-state index contributed by atoms with van der Waals surface area (Å²) in [6.45, 7) is 4.56. The molecule has 3 rings (SSSR count). The maximum absolute atomic E-state index is 11.9. The number of esters is 1. The molecular weight excluding hydrogens is 336 g/mol. The van der Waals surface area contributed by atoms with Crippen LogP contribution in [0.4, 0.5) is 0 Å². The molecule has 2 saturated carbocycles. The summed E-state index contributed by atoms with van der Waals surface area (Å²) >= 11 is 3.46. The SMILES string of the molecule is CCOC(=O)[C@@H]1C2[C@@H](CC)C21c1ccc(Br)cc1.O=C=O. The van der Waals surface area contributed by atoms with E-state index in [1.165, 1.54) is 5.56 Å². The highest BCUT2D eigenvalue weighted by atomic mass is 79.9. The van der Waals surface area contributed by atoms with Crippen molar-refractivity contribution in [2.75, 3.05) is 6.61 Å². The normalized spacial score (nSPS) is 31.1. The molecule has 0 N–H and O–H groups in total. The quantitative estimate of drug-likeness (QED) is 0.781. The van der Waals surface area contributed by atoms with Gasteiger partial charge in [-0.15, -0.1) is 0 Å². The third kappa shape index (κ3) is 2.45. The summed E-state index contributed by atoms with van der Waals surface area (Å²) in [5, 5.41) is 0. The number of benzene rings is 1.